The molecular formula is C28H30ClN5O6. The van der Waals surface area contributed by atoms with Gasteiger partial charge in [0.2, 0.25) is 0 Å². The van der Waals surface area contributed by atoms with Crippen molar-refractivity contribution in [3.8, 4) is 17.2 Å². The summed E-state index contributed by atoms with van der Waals surface area (Å²) in [7, 11) is 3.04. The Morgan fingerprint density at radius 2 is 1.82 bits per heavy atom. The van der Waals surface area contributed by atoms with E-state index in [9.17, 15) is 9.59 Å². The van der Waals surface area contributed by atoms with E-state index in [4.69, 9.17) is 30.3 Å². The van der Waals surface area contributed by atoms with Gasteiger partial charge < -0.3 is 29.4 Å². The summed E-state index contributed by atoms with van der Waals surface area (Å²) in [6.07, 6.45) is 1.59. The summed E-state index contributed by atoms with van der Waals surface area (Å²) in [6, 6.07) is 11.0. The third-order valence-corrected chi connectivity index (χ3v) is 6.08. The lowest BCUT2D eigenvalue weighted by Crippen LogP contribution is -2.27. The maximum atomic E-state index is 12.8. The zero-order valence-corrected chi connectivity index (χ0v) is 23.5. The highest BCUT2D eigenvalue weighted by Gasteiger charge is 2.21. The summed E-state index contributed by atoms with van der Waals surface area (Å²) >= 11 is 6.44. The number of halogens is 1. The minimum atomic E-state index is -0.533. The molecule has 0 spiro atoms. The molecule has 0 fully saturated rings. The molecule has 2 aromatic heterocycles. The fourth-order valence-electron chi connectivity index (χ4n) is 3.69. The largest absolute Gasteiger partial charge is 0.496 e. The molecule has 11 nitrogen and oxygen atoms in total. The van der Waals surface area contributed by atoms with E-state index in [1.54, 1.807) is 55.8 Å². The summed E-state index contributed by atoms with van der Waals surface area (Å²) < 4.78 is 21.8. The van der Waals surface area contributed by atoms with Gasteiger partial charge in [-0.25, -0.2) is 4.79 Å². The number of carbonyl (C=O) groups excluding carboxylic acids is 2. The monoisotopic (exact) mass is 567 g/mol. The van der Waals surface area contributed by atoms with E-state index >= 15 is 0 Å². The SMILES string of the molecule is COCCNC(=O)c1cc2c(Oc3ccc(NC(=O)Nc4cc(C(C)(C)C)on4)c(Cl)c3)ccnc2cc1OC. The molecule has 40 heavy (non-hydrogen) atoms. The van der Waals surface area contributed by atoms with Crippen molar-refractivity contribution in [1.82, 2.24) is 15.5 Å². The average Bonchev–Trinajstić information content (AvgIpc) is 3.39. The van der Waals surface area contributed by atoms with Gasteiger partial charge in [-0.05, 0) is 24.3 Å². The first-order valence-electron chi connectivity index (χ1n) is 12.4. The lowest BCUT2D eigenvalue weighted by Gasteiger charge is -2.14. The number of pyridine rings is 1. The number of benzene rings is 2. The van der Waals surface area contributed by atoms with Gasteiger partial charge in [-0.1, -0.05) is 37.5 Å². The average molecular weight is 568 g/mol. The van der Waals surface area contributed by atoms with E-state index in [2.05, 4.69) is 26.1 Å². The molecule has 12 heteroatoms. The Morgan fingerprint density at radius 1 is 1.02 bits per heavy atom. The summed E-state index contributed by atoms with van der Waals surface area (Å²) in [5, 5.41) is 12.8. The number of fused-ring (bicyclic) bond motifs is 1. The van der Waals surface area contributed by atoms with Gasteiger partial charge in [0.1, 0.15) is 23.0 Å². The molecule has 3 N–H and O–H groups in total. The van der Waals surface area contributed by atoms with Crippen molar-refractivity contribution in [2.45, 2.75) is 26.2 Å². The number of nitrogens with one attached hydrogen (secondary N) is 3. The van der Waals surface area contributed by atoms with Crippen LogP contribution in [0.1, 0.15) is 36.9 Å². The van der Waals surface area contributed by atoms with Crippen LogP contribution in [0.3, 0.4) is 0 Å². The van der Waals surface area contributed by atoms with Gasteiger partial charge >= 0.3 is 6.03 Å². The molecule has 0 saturated heterocycles. The van der Waals surface area contributed by atoms with E-state index in [-0.39, 0.29) is 22.2 Å². The van der Waals surface area contributed by atoms with Crippen LogP contribution in [0.5, 0.6) is 17.2 Å². The molecule has 0 bridgehead atoms. The number of nitrogens with zero attached hydrogens (tertiary/aromatic N) is 2. The summed E-state index contributed by atoms with van der Waals surface area (Å²) in [5.41, 5.74) is 1.03. The fraction of sp³-hybridized carbons (Fsp3) is 0.286. The molecule has 2 heterocycles. The summed E-state index contributed by atoms with van der Waals surface area (Å²) in [6.45, 7) is 6.66. The Bertz CT molecular complexity index is 1530. The predicted octanol–water partition coefficient (Wildman–Crippen LogP) is 5.99. The van der Waals surface area contributed by atoms with Crippen LogP contribution in [0.15, 0.2) is 53.2 Å². The molecule has 0 aliphatic carbocycles. The smallest absolute Gasteiger partial charge is 0.324 e. The normalized spacial score (nSPS) is 11.2. The van der Waals surface area contributed by atoms with Crippen LogP contribution in [0, 0.1) is 0 Å². The molecule has 4 rings (SSSR count). The molecule has 0 aliphatic rings. The second-order valence-corrected chi connectivity index (χ2v) is 10.2. The topological polar surface area (TPSA) is 137 Å². The third-order valence-electron chi connectivity index (χ3n) is 5.77. The highest BCUT2D eigenvalue weighted by atomic mass is 35.5. The van der Waals surface area contributed by atoms with Crippen molar-refractivity contribution in [2.24, 2.45) is 0 Å². The quantitative estimate of drug-likeness (QED) is 0.210. The molecule has 210 valence electrons. The second-order valence-electron chi connectivity index (χ2n) is 9.78. The number of rotatable bonds is 9. The highest BCUT2D eigenvalue weighted by Crippen LogP contribution is 2.35. The molecular weight excluding hydrogens is 538 g/mol. The van der Waals surface area contributed by atoms with Gasteiger partial charge in [-0.2, -0.15) is 0 Å². The number of ether oxygens (including phenoxy) is 3. The molecule has 0 radical (unpaired) electrons. The van der Waals surface area contributed by atoms with Crippen LogP contribution >= 0.6 is 11.6 Å². The predicted molar refractivity (Wildman–Crippen MR) is 152 cm³/mol. The molecule has 0 aliphatic heterocycles. The van der Waals surface area contributed by atoms with E-state index in [1.165, 1.54) is 7.11 Å². The first-order chi connectivity index (χ1) is 19.1. The number of carbonyl (C=O) groups is 2. The number of anilines is 2. The van der Waals surface area contributed by atoms with Crippen LogP contribution in [0.4, 0.5) is 16.3 Å². The molecule has 0 saturated carbocycles. The number of urea groups is 1. The van der Waals surface area contributed by atoms with Gasteiger partial charge in [0, 0.05) is 48.9 Å². The number of hydrogen-bond donors (Lipinski definition) is 3. The summed E-state index contributed by atoms with van der Waals surface area (Å²) in [4.78, 5) is 29.6. The van der Waals surface area contributed by atoms with Gasteiger partial charge in [0.25, 0.3) is 5.91 Å². The third kappa shape index (κ3) is 6.80. The van der Waals surface area contributed by atoms with Crippen molar-refractivity contribution in [1.29, 1.82) is 0 Å². The van der Waals surface area contributed by atoms with Gasteiger partial charge in [0.05, 0.1) is 35.5 Å². The van der Waals surface area contributed by atoms with Crippen molar-refractivity contribution in [2.75, 3.05) is 38.0 Å². The number of hydrogen-bond acceptors (Lipinski definition) is 8. The van der Waals surface area contributed by atoms with Crippen LogP contribution in [-0.4, -0.2) is 49.5 Å². The van der Waals surface area contributed by atoms with E-state index < -0.39 is 6.03 Å². The summed E-state index contributed by atoms with van der Waals surface area (Å²) in [5.74, 6) is 1.85. The highest BCUT2D eigenvalue weighted by molar-refractivity contribution is 6.34. The van der Waals surface area contributed by atoms with E-state index in [1.807, 2.05) is 20.8 Å². The Hall–Kier alpha value is -4.35. The van der Waals surface area contributed by atoms with Crippen molar-refractivity contribution in [3.05, 3.63) is 65.0 Å². The van der Waals surface area contributed by atoms with E-state index in [0.29, 0.717) is 58.3 Å². The lowest BCUT2D eigenvalue weighted by atomic mass is 9.93. The standard InChI is InChI=1S/C28H30ClN5O6/c1-28(2,3)24-15-25(34-40-24)33-27(36)32-20-7-6-16(12-19(20)29)39-22-8-9-30-21-14-23(38-5)18(13-17(21)22)26(35)31-10-11-37-4/h6-9,12-15H,10-11H2,1-5H3,(H,31,35)(H2,32,33,34,36). The number of amides is 3. The Labute approximate surface area is 236 Å². The Morgan fingerprint density at radius 3 is 2.50 bits per heavy atom. The van der Waals surface area contributed by atoms with Crippen molar-refractivity contribution >= 4 is 45.9 Å². The zero-order valence-electron chi connectivity index (χ0n) is 22.8. The first-order valence-corrected chi connectivity index (χ1v) is 12.7. The molecule has 0 atom stereocenters. The molecule has 4 aromatic rings. The first kappa shape index (κ1) is 28.7. The van der Waals surface area contributed by atoms with Gasteiger partial charge in [0.15, 0.2) is 5.82 Å². The maximum Gasteiger partial charge on any atom is 0.324 e. The van der Waals surface area contributed by atoms with Crippen molar-refractivity contribution < 1.29 is 28.3 Å². The lowest BCUT2D eigenvalue weighted by molar-refractivity contribution is 0.0934. The van der Waals surface area contributed by atoms with Gasteiger partial charge in [-0.3, -0.25) is 15.1 Å². The minimum absolute atomic E-state index is 0.243. The van der Waals surface area contributed by atoms with Crippen LogP contribution in [0.25, 0.3) is 10.9 Å². The molecule has 2 aromatic carbocycles. The van der Waals surface area contributed by atoms with Crippen LogP contribution < -0.4 is 25.4 Å². The van der Waals surface area contributed by atoms with E-state index in [0.717, 1.165) is 0 Å². The fourth-order valence-corrected chi connectivity index (χ4v) is 3.91. The number of methoxy groups -OCH3 is 2. The Balaban J connectivity index is 1.51. The molecule has 0 unspecified atom stereocenters. The minimum Gasteiger partial charge on any atom is -0.496 e. The van der Waals surface area contributed by atoms with Crippen LogP contribution in [0.2, 0.25) is 5.02 Å². The second kappa shape index (κ2) is 12.2. The molecule has 3 amide bonds. The number of aromatic nitrogens is 2. The van der Waals surface area contributed by atoms with Crippen LogP contribution in [-0.2, 0) is 10.2 Å². The van der Waals surface area contributed by atoms with Crippen molar-refractivity contribution in [3.63, 3.8) is 0 Å². The zero-order chi connectivity index (χ0) is 28.9. The van der Waals surface area contributed by atoms with Gasteiger partial charge in [-0.15, -0.1) is 0 Å². The maximum absolute atomic E-state index is 12.8. The Kier molecular flexibility index (Phi) is 8.76.